The van der Waals surface area contributed by atoms with Gasteiger partial charge in [0.2, 0.25) is 5.82 Å². The third-order valence-corrected chi connectivity index (χ3v) is 3.02. The number of ketones is 1. The number of nitrogens with zero attached hydrogens (tertiary/aromatic N) is 2. The van der Waals surface area contributed by atoms with Gasteiger partial charge in [0.25, 0.3) is 0 Å². The van der Waals surface area contributed by atoms with Crippen molar-refractivity contribution in [2.45, 2.75) is 12.6 Å². The number of rotatable bonds is 5. The molecule has 0 amide bonds. The highest BCUT2D eigenvalue weighted by molar-refractivity contribution is 6.31. The Kier molecular flexibility index (Phi) is 4.82. The van der Waals surface area contributed by atoms with Gasteiger partial charge in [-0.05, 0) is 11.6 Å². The molecule has 2 rings (SSSR count). The second kappa shape index (κ2) is 6.45. The number of carbonyl (C=O) groups excluding carboxylic acids is 1. The molecule has 0 aliphatic carbocycles. The SMILES string of the molecule is COCC(=O)Cc1ccc(-c2noc(C(F)(F)F)n2)cc1Cl. The minimum atomic E-state index is -4.71. The number of carbonyl (C=O) groups is 1. The van der Waals surface area contributed by atoms with Crippen molar-refractivity contribution in [1.82, 2.24) is 10.1 Å². The largest absolute Gasteiger partial charge is 0.471 e. The predicted octanol–water partition coefficient (Wildman–Crippen LogP) is 3.17. The van der Waals surface area contributed by atoms with E-state index in [4.69, 9.17) is 16.3 Å². The lowest BCUT2D eigenvalue weighted by atomic mass is 10.1. The number of halogens is 4. The normalized spacial score (nSPS) is 11.7. The molecule has 0 saturated heterocycles. The Hall–Kier alpha value is -1.93. The van der Waals surface area contributed by atoms with Crippen molar-refractivity contribution in [1.29, 1.82) is 0 Å². The van der Waals surface area contributed by atoms with E-state index in [9.17, 15) is 18.0 Å². The fraction of sp³-hybridized carbons (Fsp3) is 0.308. The molecule has 0 aliphatic heterocycles. The molecule has 0 bridgehead atoms. The van der Waals surface area contributed by atoms with Gasteiger partial charge in [-0.2, -0.15) is 18.2 Å². The van der Waals surface area contributed by atoms with Gasteiger partial charge in [0.1, 0.15) is 6.61 Å². The summed E-state index contributed by atoms with van der Waals surface area (Å²) >= 11 is 6.02. The molecule has 0 spiro atoms. The number of hydrogen-bond acceptors (Lipinski definition) is 5. The summed E-state index contributed by atoms with van der Waals surface area (Å²) in [5.74, 6) is -1.84. The first-order chi connectivity index (χ1) is 10.3. The molecule has 1 heterocycles. The average molecular weight is 335 g/mol. The summed E-state index contributed by atoms with van der Waals surface area (Å²) in [4.78, 5) is 14.7. The molecular formula is C13H10ClF3N2O3. The number of alkyl halides is 3. The van der Waals surface area contributed by atoms with Crippen LogP contribution < -0.4 is 0 Å². The quantitative estimate of drug-likeness (QED) is 0.840. The summed E-state index contributed by atoms with van der Waals surface area (Å²) in [6, 6.07) is 4.36. The van der Waals surface area contributed by atoms with Crippen molar-refractivity contribution in [3.63, 3.8) is 0 Å². The van der Waals surface area contributed by atoms with E-state index in [0.29, 0.717) is 5.56 Å². The van der Waals surface area contributed by atoms with Gasteiger partial charge >= 0.3 is 12.1 Å². The van der Waals surface area contributed by atoms with Crippen molar-refractivity contribution >= 4 is 17.4 Å². The van der Waals surface area contributed by atoms with E-state index in [2.05, 4.69) is 14.7 Å². The molecule has 9 heteroatoms. The van der Waals surface area contributed by atoms with Crippen LogP contribution >= 0.6 is 11.6 Å². The van der Waals surface area contributed by atoms with E-state index < -0.39 is 12.1 Å². The van der Waals surface area contributed by atoms with Gasteiger partial charge in [-0.15, -0.1) is 0 Å². The molecule has 1 aromatic heterocycles. The van der Waals surface area contributed by atoms with E-state index in [0.717, 1.165) is 0 Å². The number of hydrogen-bond donors (Lipinski definition) is 0. The molecule has 118 valence electrons. The van der Waals surface area contributed by atoms with Crippen LogP contribution in [-0.2, 0) is 22.1 Å². The first kappa shape index (κ1) is 16.4. The van der Waals surface area contributed by atoms with E-state index in [1.54, 1.807) is 0 Å². The minimum absolute atomic E-state index is 0.0438. The topological polar surface area (TPSA) is 65.2 Å². The van der Waals surface area contributed by atoms with Crippen molar-refractivity contribution < 1.29 is 27.2 Å². The Morgan fingerprint density at radius 2 is 2.14 bits per heavy atom. The second-order valence-electron chi connectivity index (χ2n) is 4.38. The Labute approximate surface area is 128 Å². The van der Waals surface area contributed by atoms with Crippen molar-refractivity contribution in [2.75, 3.05) is 13.7 Å². The number of methoxy groups -OCH3 is 1. The van der Waals surface area contributed by atoms with Crippen molar-refractivity contribution in [3.8, 4) is 11.4 Å². The van der Waals surface area contributed by atoms with Gasteiger partial charge in [0.05, 0.1) is 0 Å². The summed E-state index contributed by atoms with van der Waals surface area (Å²) < 4.78 is 46.1. The summed E-state index contributed by atoms with van der Waals surface area (Å²) in [5.41, 5.74) is 0.791. The van der Waals surface area contributed by atoms with Crippen LogP contribution in [0, 0.1) is 0 Å². The van der Waals surface area contributed by atoms with Crippen LogP contribution in [0.15, 0.2) is 22.7 Å². The Bertz CT molecular complexity index is 685. The van der Waals surface area contributed by atoms with Gasteiger partial charge < -0.3 is 9.26 Å². The summed E-state index contributed by atoms with van der Waals surface area (Å²) in [5, 5.41) is 3.48. The zero-order valence-electron chi connectivity index (χ0n) is 11.3. The lowest BCUT2D eigenvalue weighted by Crippen LogP contribution is -2.10. The molecule has 2 aromatic rings. The number of aromatic nitrogens is 2. The molecular weight excluding hydrogens is 325 g/mol. The van der Waals surface area contributed by atoms with Gasteiger partial charge in [-0.3, -0.25) is 4.79 Å². The maximum absolute atomic E-state index is 12.4. The van der Waals surface area contributed by atoms with Gasteiger partial charge in [-0.1, -0.05) is 28.9 Å². The highest BCUT2D eigenvalue weighted by Crippen LogP contribution is 2.30. The first-order valence-electron chi connectivity index (χ1n) is 6.01. The fourth-order valence-electron chi connectivity index (χ4n) is 1.71. The zero-order chi connectivity index (χ0) is 16.3. The van der Waals surface area contributed by atoms with Crippen LogP contribution in [0.1, 0.15) is 11.5 Å². The Morgan fingerprint density at radius 3 is 2.68 bits per heavy atom. The molecule has 0 radical (unpaired) electrons. The number of ether oxygens (including phenoxy) is 1. The molecule has 0 saturated carbocycles. The maximum Gasteiger partial charge on any atom is 0.471 e. The van der Waals surface area contributed by atoms with Gasteiger partial charge in [0.15, 0.2) is 5.78 Å². The van der Waals surface area contributed by atoms with Crippen LogP contribution in [0.25, 0.3) is 11.4 Å². The molecule has 22 heavy (non-hydrogen) atoms. The lowest BCUT2D eigenvalue weighted by Gasteiger charge is -2.04. The van der Waals surface area contributed by atoms with Crippen LogP contribution in [0.3, 0.4) is 0 Å². The minimum Gasteiger partial charge on any atom is -0.377 e. The van der Waals surface area contributed by atoms with E-state index in [-0.39, 0.29) is 35.2 Å². The van der Waals surface area contributed by atoms with E-state index >= 15 is 0 Å². The van der Waals surface area contributed by atoms with E-state index in [1.165, 1.54) is 25.3 Å². The summed E-state index contributed by atoms with van der Waals surface area (Å²) in [7, 11) is 1.40. The van der Waals surface area contributed by atoms with E-state index in [1.807, 2.05) is 0 Å². The Morgan fingerprint density at radius 1 is 1.41 bits per heavy atom. The maximum atomic E-state index is 12.4. The molecule has 1 aromatic carbocycles. The lowest BCUT2D eigenvalue weighted by molar-refractivity contribution is -0.159. The smallest absolute Gasteiger partial charge is 0.377 e. The molecule has 5 nitrogen and oxygen atoms in total. The predicted molar refractivity (Wildman–Crippen MR) is 70.3 cm³/mol. The van der Waals surface area contributed by atoms with Crippen molar-refractivity contribution in [3.05, 3.63) is 34.7 Å². The van der Waals surface area contributed by atoms with Gasteiger partial charge in [0, 0.05) is 24.1 Å². The van der Waals surface area contributed by atoms with Gasteiger partial charge in [-0.25, -0.2) is 0 Å². The highest BCUT2D eigenvalue weighted by atomic mass is 35.5. The van der Waals surface area contributed by atoms with Crippen LogP contribution in [0.2, 0.25) is 5.02 Å². The average Bonchev–Trinajstić information content (AvgIpc) is 2.91. The third-order valence-electron chi connectivity index (χ3n) is 2.67. The standard InChI is InChI=1S/C13H10ClF3N2O3/c1-21-6-9(20)4-7-2-3-8(5-10(7)14)11-18-12(22-19-11)13(15,16)17/h2-3,5H,4,6H2,1H3. The Balaban J connectivity index is 2.22. The van der Waals surface area contributed by atoms with Crippen LogP contribution in [-0.4, -0.2) is 29.6 Å². The number of benzene rings is 1. The highest BCUT2D eigenvalue weighted by Gasteiger charge is 2.38. The fourth-order valence-corrected chi connectivity index (χ4v) is 1.96. The molecule has 0 fully saturated rings. The molecule has 0 atom stereocenters. The number of Topliss-reactive ketones (excluding diaryl/α,β-unsaturated/α-hetero) is 1. The molecule has 0 unspecified atom stereocenters. The van der Waals surface area contributed by atoms with Crippen LogP contribution in [0.4, 0.5) is 13.2 Å². The first-order valence-corrected chi connectivity index (χ1v) is 6.39. The second-order valence-corrected chi connectivity index (χ2v) is 4.78. The summed E-state index contributed by atoms with van der Waals surface area (Å²) in [6.45, 7) is -0.0438. The molecule has 0 N–H and O–H groups in total. The molecule has 0 aliphatic rings. The monoisotopic (exact) mass is 334 g/mol. The third kappa shape index (κ3) is 3.83. The zero-order valence-corrected chi connectivity index (χ0v) is 12.0. The summed E-state index contributed by atoms with van der Waals surface area (Å²) in [6.07, 6.45) is -4.64. The van der Waals surface area contributed by atoms with Crippen molar-refractivity contribution in [2.24, 2.45) is 0 Å². The van der Waals surface area contributed by atoms with Crippen LogP contribution in [0.5, 0.6) is 0 Å².